The molecule has 1 aliphatic rings. The minimum atomic E-state index is -0.530. The SMILES string of the molecule is Cc1cccc(OC[C@H]2c3ccsc3CCN2C(=O)CN(C[C@@H](O)Cc2ccccc2)C(C)C)c1. The van der Waals surface area contributed by atoms with Crippen LogP contribution in [0, 0.1) is 6.92 Å². The van der Waals surface area contributed by atoms with E-state index in [9.17, 15) is 9.90 Å². The fourth-order valence-electron chi connectivity index (χ4n) is 4.70. The predicted molar refractivity (Wildman–Crippen MR) is 142 cm³/mol. The third kappa shape index (κ3) is 6.72. The molecule has 5 nitrogen and oxygen atoms in total. The summed E-state index contributed by atoms with van der Waals surface area (Å²) in [5.74, 6) is 0.910. The van der Waals surface area contributed by atoms with E-state index < -0.39 is 6.10 Å². The first-order valence-electron chi connectivity index (χ1n) is 12.4. The molecule has 1 amide bonds. The molecule has 186 valence electrons. The highest BCUT2D eigenvalue weighted by Gasteiger charge is 2.33. The first-order valence-corrected chi connectivity index (χ1v) is 13.3. The number of carbonyl (C=O) groups excluding carboxylic acids is 1. The Labute approximate surface area is 213 Å². The molecular formula is C29H36N2O3S. The van der Waals surface area contributed by atoms with Crippen molar-refractivity contribution in [2.75, 3.05) is 26.2 Å². The van der Waals surface area contributed by atoms with E-state index in [1.165, 1.54) is 10.4 Å². The van der Waals surface area contributed by atoms with E-state index in [4.69, 9.17) is 4.74 Å². The Kier molecular flexibility index (Phi) is 8.60. The zero-order valence-electron chi connectivity index (χ0n) is 20.9. The number of aryl methyl sites for hydroxylation is 1. The number of rotatable bonds is 10. The second kappa shape index (κ2) is 11.8. The lowest BCUT2D eigenvalue weighted by atomic mass is 10.00. The number of carbonyl (C=O) groups is 1. The smallest absolute Gasteiger partial charge is 0.237 e. The molecule has 1 aliphatic heterocycles. The molecule has 0 fully saturated rings. The molecule has 0 saturated heterocycles. The lowest BCUT2D eigenvalue weighted by Crippen LogP contribution is -2.49. The summed E-state index contributed by atoms with van der Waals surface area (Å²) >= 11 is 1.76. The highest BCUT2D eigenvalue weighted by Crippen LogP contribution is 2.34. The molecule has 1 aromatic heterocycles. The van der Waals surface area contributed by atoms with Crippen molar-refractivity contribution in [3.63, 3.8) is 0 Å². The number of hydrogen-bond acceptors (Lipinski definition) is 5. The zero-order valence-corrected chi connectivity index (χ0v) is 21.7. The lowest BCUT2D eigenvalue weighted by Gasteiger charge is -2.38. The minimum Gasteiger partial charge on any atom is -0.491 e. The molecular weight excluding hydrogens is 456 g/mol. The predicted octanol–water partition coefficient (Wildman–Crippen LogP) is 4.88. The van der Waals surface area contributed by atoms with Crippen LogP contribution in [0.15, 0.2) is 66.0 Å². The van der Waals surface area contributed by atoms with Crippen LogP contribution in [0.25, 0.3) is 0 Å². The third-order valence-corrected chi connectivity index (χ3v) is 7.64. The first kappa shape index (κ1) is 25.4. The van der Waals surface area contributed by atoms with Crippen LogP contribution in [0.2, 0.25) is 0 Å². The van der Waals surface area contributed by atoms with Crippen molar-refractivity contribution >= 4 is 17.2 Å². The van der Waals surface area contributed by atoms with E-state index in [0.717, 1.165) is 23.3 Å². The van der Waals surface area contributed by atoms with Crippen molar-refractivity contribution in [2.24, 2.45) is 0 Å². The third-order valence-electron chi connectivity index (χ3n) is 6.64. The average Bonchev–Trinajstić information content (AvgIpc) is 3.32. The Hall–Kier alpha value is -2.67. The summed E-state index contributed by atoms with van der Waals surface area (Å²) < 4.78 is 6.17. The maximum absolute atomic E-state index is 13.6. The van der Waals surface area contributed by atoms with Gasteiger partial charge in [0.25, 0.3) is 0 Å². The van der Waals surface area contributed by atoms with Crippen LogP contribution in [-0.4, -0.2) is 59.2 Å². The van der Waals surface area contributed by atoms with Gasteiger partial charge in [0.15, 0.2) is 0 Å². The Morgan fingerprint density at radius 3 is 2.71 bits per heavy atom. The molecule has 35 heavy (non-hydrogen) atoms. The van der Waals surface area contributed by atoms with Crippen LogP contribution in [0.4, 0.5) is 0 Å². The van der Waals surface area contributed by atoms with Gasteiger partial charge in [-0.2, -0.15) is 0 Å². The highest BCUT2D eigenvalue weighted by molar-refractivity contribution is 7.10. The normalized spacial score (nSPS) is 16.4. The van der Waals surface area contributed by atoms with E-state index in [1.54, 1.807) is 11.3 Å². The highest BCUT2D eigenvalue weighted by atomic mass is 32.1. The van der Waals surface area contributed by atoms with E-state index >= 15 is 0 Å². The topological polar surface area (TPSA) is 53.0 Å². The summed E-state index contributed by atoms with van der Waals surface area (Å²) in [5.41, 5.74) is 3.45. The fourth-order valence-corrected chi connectivity index (χ4v) is 5.63. The summed E-state index contributed by atoms with van der Waals surface area (Å²) in [6.45, 7) is 8.06. The largest absolute Gasteiger partial charge is 0.491 e. The van der Waals surface area contributed by atoms with Crippen molar-refractivity contribution in [1.29, 1.82) is 0 Å². The first-order chi connectivity index (χ1) is 16.9. The van der Waals surface area contributed by atoms with Gasteiger partial charge >= 0.3 is 0 Å². The molecule has 1 N–H and O–H groups in total. The van der Waals surface area contributed by atoms with Gasteiger partial charge in [-0.05, 0) is 73.9 Å². The molecule has 0 aliphatic carbocycles. The van der Waals surface area contributed by atoms with Gasteiger partial charge in [-0.1, -0.05) is 42.5 Å². The minimum absolute atomic E-state index is 0.0836. The van der Waals surface area contributed by atoms with Gasteiger partial charge in [0.1, 0.15) is 12.4 Å². The molecule has 3 aromatic rings. The van der Waals surface area contributed by atoms with Crippen molar-refractivity contribution < 1.29 is 14.6 Å². The van der Waals surface area contributed by atoms with Crippen molar-refractivity contribution in [3.8, 4) is 5.75 Å². The van der Waals surface area contributed by atoms with Crippen LogP contribution in [0.3, 0.4) is 0 Å². The Bertz CT molecular complexity index is 1100. The van der Waals surface area contributed by atoms with Crippen LogP contribution >= 0.6 is 11.3 Å². The standard InChI is InChI=1S/C29H36N2O3S/c1-21(2)30(18-24(32)17-23-9-5-4-6-10-23)19-29(33)31-14-12-28-26(13-15-35-28)27(31)20-34-25-11-7-8-22(3)16-25/h4-11,13,15-16,21,24,27,32H,12,14,17-20H2,1-3H3/t24-,27-/m0/s1. The van der Waals surface area contributed by atoms with Gasteiger partial charge in [-0.25, -0.2) is 0 Å². The summed E-state index contributed by atoms with van der Waals surface area (Å²) in [5, 5.41) is 12.9. The number of hydrogen-bond donors (Lipinski definition) is 1. The summed E-state index contributed by atoms with van der Waals surface area (Å²) in [6, 6.07) is 20.2. The van der Waals surface area contributed by atoms with Gasteiger partial charge in [0, 0.05) is 24.0 Å². The summed E-state index contributed by atoms with van der Waals surface area (Å²) in [4.78, 5) is 19.0. The van der Waals surface area contributed by atoms with E-state index in [-0.39, 0.29) is 24.5 Å². The van der Waals surface area contributed by atoms with E-state index in [1.807, 2.05) is 66.4 Å². The van der Waals surface area contributed by atoms with Crippen LogP contribution in [-0.2, 0) is 17.6 Å². The van der Waals surface area contributed by atoms with Gasteiger partial charge < -0.3 is 14.7 Å². The number of ether oxygens (including phenoxy) is 1. The second-order valence-corrected chi connectivity index (χ2v) is 10.6. The van der Waals surface area contributed by atoms with Gasteiger partial charge in [-0.3, -0.25) is 9.69 Å². The maximum Gasteiger partial charge on any atom is 0.237 e. The molecule has 2 atom stereocenters. The summed E-state index contributed by atoms with van der Waals surface area (Å²) in [7, 11) is 0. The number of aliphatic hydroxyl groups is 1. The zero-order chi connectivity index (χ0) is 24.8. The number of aliphatic hydroxyl groups excluding tert-OH is 1. The van der Waals surface area contributed by atoms with Crippen LogP contribution in [0.5, 0.6) is 5.75 Å². The number of thiophene rings is 1. The maximum atomic E-state index is 13.6. The molecule has 6 heteroatoms. The number of nitrogens with zero attached hydrogens (tertiary/aromatic N) is 2. The molecule has 2 aromatic carbocycles. The molecule has 4 rings (SSSR count). The van der Waals surface area contributed by atoms with E-state index in [0.29, 0.717) is 26.1 Å². The molecule has 0 saturated carbocycles. The molecule has 0 bridgehead atoms. The van der Waals surface area contributed by atoms with Crippen LogP contribution in [0.1, 0.15) is 41.5 Å². The van der Waals surface area contributed by atoms with Gasteiger partial charge in [-0.15, -0.1) is 11.3 Å². The van der Waals surface area contributed by atoms with Gasteiger partial charge in [0.05, 0.1) is 18.7 Å². The monoisotopic (exact) mass is 492 g/mol. The Balaban J connectivity index is 1.44. The number of fused-ring (bicyclic) bond motifs is 1. The van der Waals surface area contributed by atoms with Crippen molar-refractivity contribution in [2.45, 2.75) is 51.8 Å². The second-order valence-electron chi connectivity index (χ2n) is 9.65. The molecule has 2 heterocycles. The fraction of sp³-hybridized carbons (Fsp3) is 0.414. The van der Waals surface area contributed by atoms with E-state index in [2.05, 4.69) is 30.2 Å². The van der Waals surface area contributed by atoms with Crippen molar-refractivity contribution in [3.05, 3.63) is 87.6 Å². The molecule has 0 radical (unpaired) electrons. The Morgan fingerprint density at radius 2 is 1.97 bits per heavy atom. The summed E-state index contributed by atoms with van der Waals surface area (Å²) in [6.07, 6.45) is 0.920. The number of benzene rings is 2. The van der Waals surface area contributed by atoms with Crippen LogP contribution < -0.4 is 4.74 Å². The number of amides is 1. The average molecular weight is 493 g/mol. The molecule has 0 unspecified atom stereocenters. The van der Waals surface area contributed by atoms with Gasteiger partial charge in [0.2, 0.25) is 5.91 Å². The van der Waals surface area contributed by atoms with Crippen molar-refractivity contribution in [1.82, 2.24) is 9.80 Å². The quantitative estimate of drug-likeness (QED) is 0.439. The molecule has 0 spiro atoms. The Morgan fingerprint density at radius 1 is 1.17 bits per heavy atom. The lowest BCUT2D eigenvalue weighted by molar-refractivity contribution is -0.137.